The maximum atomic E-state index is 13.1. The van der Waals surface area contributed by atoms with Gasteiger partial charge in [-0.3, -0.25) is 19.2 Å². The highest BCUT2D eigenvalue weighted by atomic mass is 32.2. The van der Waals surface area contributed by atoms with Crippen LogP contribution in [-0.2, 0) is 20.8 Å². The summed E-state index contributed by atoms with van der Waals surface area (Å²) >= 11 is 1.63. The van der Waals surface area contributed by atoms with Gasteiger partial charge in [0.05, 0.1) is 6.61 Å². The van der Waals surface area contributed by atoms with E-state index in [4.69, 9.17) is 4.74 Å². The lowest BCUT2D eigenvalue weighted by molar-refractivity contribution is -0.128. The molecule has 2 heterocycles. The fraction of sp³-hybridized carbons (Fsp3) is 0.484. The molecule has 2 aromatic carbocycles. The number of fused-ring (bicyclic) bond motifs is 1. The molecule has 1 saturated heterocycles. The highest BCUT2D eigenvalue weighted by Crippen LogP contribution is 2.32. The second-order valence-electron chi connectivity index (χ2n) is 10.5. The van der Waals surface area contributed by atoms with E-state index < -0.39 is 6.04 Å². The first-order valence-corrected chi connectivity index (χ1v) is 15.7. The number of benzene rings is 2. The van der Waals surface area contributed by atoms with Crippen molar-refractivity contribution >= 4 is 41.1 Å². The number of hydrogen-bond donors (Lipinski definition) is 2. The van der Waals surface area contributed by atoms with Crippen LogP contribution in [0.1, 0.15) is 54.9 Å². The van der Waals surface area contributed by atoms with Crippen molar-refractivity contribution < 1.29 is 23.9 Å². The molecule has 1 unspecified atom stereocenters. The molecule has 0 saturated carbocycles. The normalized spacial score (nSPS) is 16.1. The van der Waals surface area contributed by atoms with E-state index >= 15 is 0 Å². The van der Waals surface area contributed by atoms with E-state index in [9.17, 15) is 19.2 Å². The number of thioether (sulfide) groups is 1. The molecule has 0 aliphatic carbocycles. The number of likely N-dealkylation sites (tertiary alicyclic amines) is 1. The minimum absolute atomic E-state index is 0.0155. The van der Waals surface area contributed by atoms with Crippen molar-refractivity contribution in [1.82, 2.24) is 15.5 Å². The van der Waals surface area contributed by atoms with Crippen LogP contribution in [0, 0.1) is 0 Å². The van der Waals surface area contributed by atoms with Gasteiger partial charge in [-0.2, -0.15) is 11.8 Å². The van der Waals surface area contributed by atoms with Gasteiger partial charge in [-0.25, -0.2) is 0 Å². The predicted octanol–water partition coefficient (Wildman–Crippen LogP) is 3.41. The SMILES string of the molecule is CSCCC(NC(C)=O)C(=O)NCCCOc1ccc(C(=O)N2CCC(N3C(=O)CCc4ccccc43)CC2)cc1. The summed E-state index contributed by atoms with van der Waals surface area (Å²) in [4.78, 5) is 53.5. The highest BCUT2D eigenvalue weighted by Gasteiger charge is 2.33. The zero-order valence-corrected chi connectivity index (χ0v) is 24.7. The van der Waals surface area contributed by atoms with Crippen molar-refractivity contribution in [2.75, 3.05) is 43.1 Å². The summed E-state index contributed by atoms with van der Waals surface area (Å²) in [6.45, 7) is 3.48. The molecule has 41 heavy (non-hydrogen) atoms. The molecule has 0 radical (unpaired) electrons. The average molecular weight is 581 g/mol. The molecule has 9 nitrogen and oxygen atoms in total. The molecule has 0 bridgehead atoms. The number of amides is 4. The Morgan fingerprint density at radius 3 is 2.49 bits per heavy atom. The van der Waals surface area contributed by atoms with Gasteiger partial charge >= 0.3 is 0 Å². The lowest BCUT2D eigenvalue weighted by atomic mass is 9.95. The van der Waals surface area contributed by atoms with Gasteiger partial charge in [-0.15, -0.1) is 0 Å². The number of anilines is 1. The van der Waals surface area contributed by atoms with Gasteiger partial charge in [0, 0.05) is 50.3 Å². The van der Waals surface area contributed by atoms with Gasteiger partial charge in [-0.1, -0.05) is 18.2 Å². The van der Waals surface area contributed by atoms with Crippen LogP contribution >= 0.6 is 11.8 Å². The number of hydrogen-bond acceptors (Lipinski definition) is 6. The van der Waals surface area contributed by atoms with Gasteiger partial charge in [-0.05, 0) is 80.0 Å². The molecule has 2 aliphatic rings. The molecule has 1 fully saturated rings. The largest absolute Gasteiger partial charge is 0.494 e. The number of carbonyl (C=O) groups is 4. The number of piperidine rings is 1. The molecule has 2 aliphatic heterocycles. The molecule has 1 atom stereocenters. The molecule has 220 valence electrons. The fourth-order valence-corrected chi connectivity index (χ4v) is 5.88. The maximum Gasteiger partial charge on any atom is 0.253 e. The van der Waals surface area contributed by atoms with E-state index in [0.717, 1.165) is 30.7 Å². The second-order valence-corrected chi connectivity index (χ2v) is 11.5. The molecule has 4 rings (SSSR count). The highest BCUT2D eigenvalue weighted by molar-refractivity contribution is 7.98. The number of nitrogens with one attached hydrogen (secondary N) is 2. The summed E-state index contributed by atoms with van der Waals surface area (Å²) in [5.41, 5.74) is 2.85. The quantitative estimate of drug-likeness (QED) is 0.373. The Hall–Kier alpha value is -3.53. The van der Waals surface area contributed by atoms with Crippen LogP contribution in [0.2, 0.25) is 0 Å². The average Bonchev–Trinajstić information content (AvgIpc) is 2.99. The summed E-state index contributed by atoms with van der Waals surface area (Å²) in [5.74, 6) is 1.19. The first kappa shape index (κ1) is 30.4. The Bertz CT molecular complexity index is 1210. The van der Waals surface area contributed by atoms with E-state index in [0.29, 0.717) is 56.8 Å². The van der Waals surface area contributed by atoms with Gasteiger partial charge in [0.2, 0.25) is 17.7 Å². The van der Waals surface area contributed by atoms with Gasteiger partial charge in [0.25, 0.3) is 5.91 Å². The van der Waals surface area contributed by atoms with E-state index in [1.165, 1.54) is 12.5 Å². The van der Waals surface area contributed by atoms with Crippen LogP contribution < -0.4 is 20.3 Å². The van der Waals surface area contributed by atoms with Crippen LogP contribution in [0.5, 0.6) is 5.75 Å². The van der Waals surface area contributed by atoms with Gasteiger partial charge in [0.1, 0.15) is 11.8 Å². The summed E-state index contributed by atoms with van der Waals surface area (Å²) in [6, 6.07) is 14.8. The van der Waals surface area contributed by atoms with E-state index in [-0.39, 0.29) is 29.7 Å². The zero-order chi connectivity index (χ0) is 29.2. The van der Waals surface area contributed by atoms with Crippen molar-refractivity contribution in [3.8, 4) is 5.75 Å². The van der Waals surface area contributed by atoms with Crippen molar-refractivity contribution in [1.29, 1.82) is 0 Å². The molecule has 10 heteroatoms. The number of rotatable bonds is 12. The summed E-state index contributed by atoms with van der Waals surface area (Å²) in [5, 5.41) is 5.56. The third-order valence-electron chi connectivity index (χ3n) is 7.54. The first-order valence-electron chi connectivity index (χ1n) is 14.3. The number of aryl methyl sites for hydroxylation is 1. The van der Waals surface area contributed by atoms with E-state index in [2.05, 4.69) is 16.7 Å². The summed E-state index contributed by atoms with van der Waals surface area (Å²) in [6.07, 6.45) is 6.00. The van der Waals surface area contributed by atoms with Crippen molar-refractivity contribution in [3.63, 3.8) is 0 Å². The van der Waals surface area contributed by atoms with Crippen LogP contribution in [-0.4, -0.2) is 78.9 Å². The van der Waals surface area contributed by atoms with Gasteiger partial charge in [0.15, 0.2) is 0 Å². The Labute approximate surface area is 246 Å². The van der Waals surface area contributed by atoms with Crippen molar-refractivity contribution in [3.05, 3.63) is 59.7 Å². The standard InChI is InChI=1S/C31H40N4O5S/c1-22(36)33-27(16-21-41-2)30(38)32-17-5-20-40-26-11-8-24(9-12-26)31(39)34-18-14-25(15-19-34)35-28-7-4-3-6-23(28)10-13-29(35)37/h3-4,6-9,11-12,25,27H,5,10,13-21H2,1-2H3,(H,32,38)(H,33,36). The zero-order valence-electron chi connectivity index (χ0n) is 23.9. The molecule has 2 N–H and O–H groups in total. The number of ether oxygens (including phenoxy) is 1. The predicted molar refractivity (Wildman–Crippen MR) is 161 cm³/mol. The molecule has 4 amide bonds. The third-order valence-corrected chi connectivity index (χ3v) is 8.18. The molecule has 2 aromatic rings. The van der Waals surface area contributed by atoms with Crippen LogP contribution in [0.25, 0.3) is 0 Å². The van der Waals surface area contributed by atoms with Crippen molar-refractivity contribution in [2.45, 2.75) is 57.5 Å². The molecule has 0 spiro atoms. The van der Waals surface area contributed by atoms with Gasteiger partial charge < -0.3 is 25.2 Å². The Morgan fingerprint density at radius 2 is 1.78 bits per heavy atom. The maximum absolute atomic E-state index is 13.1. The summed E-state index contributed by atoms with van der Waals surface area (Å²) < 4.78 is 5.79. The minimum Gasteiger partial charge on any atom is -0.494 e. The van der Waals surface area contributed by atoms with Crippen molar-refractivity contribution in [2.24, 2.45) is 0 Å². The Balaban J connectivity index is 1.19. The van der Waals surface area contributed by atoms with Crippen LogP contribution in [0.15, 0.2) is 48.5 Å². The van der Waals surface area contributed by atoms with Crippen LogP contribution in [0.3, 0.4) is 0 Å². The topological polar surface area (TPSA) is 108 Å². The first-order chi connectivity index (χ1) is 19.9. The number of nitrogens with zero attached hydrogens (tertiary/aromatic N) is 2. The Kier molecular flexibility index (Phi) is 11.1. The Morgan fingerprint density at radius 1 is 1.05 bits per heavy atom. The van der Waals surface area contributed by atoms with Crippen LogP contribution in [0.4, 0.5) is 5.69 Å². The second kappa shape index (κ2) is 14.9. The summed E-state index contributed by atoms with van der Waals surface area (Å²) in [7, 11) is 0. The number of para-hydroxylation sites is 1. The lowest BCUT2D eigenvalue weighted by Gasteiger charge is -2.41. The molecular formula is C31H40N4O5S. The monoisotopic (exact) mass is 580 g/mol. The minimum atomic E-state index is -0.527. The van der Waals surface area contributed by atoms with E-state index in [1.54, 1.807) is 36.0 Å². The smallest absolute Gasteiger partial charge is 0.253 e. The molecular weight excluding hydrogens is 540 g/mol. The third kappa shape index (κ3) is 8.25. The fourth-order valence-electron chi connectivity index (χ4n) is 5.40. The lowest BCUT2D eigenvalue weighted by Crippen LogP contribution is -2.50. The van der Waals surface area contributed by atoms with E-state index in [1.807, 2.05) is 34.3 Å². The molecule has 0 aromatic heterocycles. The number of carbonyl (C=O) groups excluding carboxylic acids is 4.